The van der Waals surface area contributed by atoms with Crippen LogP contribution in [0.15, 0.2) is 47.6 Å². The average molecular weight is 372 g/mol. The minimum absolute atomic E-state index is 0.150. The second-order valence-corrected chi connectivity index (χ2v) is 6.22. The van der Waals surface area contributed by atoms with E-state index in [2.05, 4.69) is 20.8 Å². The fraction of sp³-hybridized carbons (Fsp3) is 0.222. The van der Waals surface area contributed by atoms with Crippen LogP contribution in [0.5, 0.6) is 5.75 Å². The van der Waals surface area contributed by atoms with Gasteiger partial charge in [0.25, 0.3) is 5.91 Å². The molecule has 3 rings (SSSR count). The van der Waals surface area contributed by atoms with Gasteiger partial charge in [-0.2, -0.15) is 5.10 Å². The molecule has 0 aliphatic carbocycles. The van der Waals surface area contributed by atoms with E-state index in [0.29, 0.717) is 23.0 Å². The first-order chi connectivity index (χ1) is 12.5. The standard InChI is InChI=1S/C18H18ClN5O2/c1-12-7-8-14(9-15(12)19)26-11-18(25)22-20-13(2)10-24-17-6-4-3-5-16(17)21-23-24/h3-9H,10-11H2,1-2H3,(H,22,25)/b20-13-. The Kier molecular flexibility index (Phi) is 5.48. The third kappa shape index (κ3) is 4.37. The zero-order valence-corrected chi connectivity index (χ0v) is 15.2. The fourth-order valence-corrected chi connectivity index (χ4v) is 2.46. The molecule has 8 heteroatoms. The van der Waals surface area contributed by atoms with Crippen molar-refractivity contribution in [2.24, 2.45) is 5.10 Å². The van der Waals surface area contributed by atoms with Crippen molar-refractivity contribution in [1.29, 1.82) is 0 Å². The number of carbonyl (C=O) groups excluding carboxylic acids is 1. The summed E-state index contributed by atoms with van der Waals surface area (Å²) in [6.45, 7) is 3.98. The number of hydrazone groups is 1. The van der Waals surface area contributed by atoms with Crippen molar-refractivity contribution >= 4 is 34.3 Å². The molecule has 0 spiro atoms. The number of aryl methyl sites for hydroxylation is 1. The highest BCUT2D eigenvalue weighted by atomic mass is 35.5. The van der Waals surface area contributed by atoms with Gasteiger partial charge in [-0.05, 0) is 43.7 Å². The minimum Gasteiger partial charge on any atom is -0.484 e. The maximum Gasteiger partial charge on any atom is 0.277 e. The quantitative estimate of drug-likeness (QED) is 0.533. The van der Waals surface area contributed by atoms with Crippen LogP contribution in [0.3, 0.4) is 0 Å². The predicted molar refractivity (Wildman–Crippen MR) is 100 cm³/mol. The van der Waals surface area contributed by atoms with E-state index >= 15 is 0 Å². The largest absolute Gasteiger partial charge is 0.484 e. The first-order valence-electron chi connectivity index (χ1n) is 8.02. The molecule has 1 N–H and O–H groups in total. The topological polar surface area (TPSA) is 81.4 Å². The number of rotatable bonds is 6. The van der Waals surface area contributed by atoms with Crippen molar-refractivity contribution in [3.8, 4) is 5.75 Å². The number of benzene rings is 2. The Labute approximate surface area is 155 Å². The van der Waals surface area contributed by atoms with Crippen LogP contribution in [0.25, 0.3) is 11.0 Å². The van der Waals surface area contributed by atoms with E-state index in [-0.39, 0.29) is 12.5 Å². The zero-order chi connectivity index (χ0) is 18.5. The van der Waals surface area contributed by atoms with Gasteiger partial charge < -0.3 is 4.74 Å². The smallest absolute Gasteiger partial charge is 0.277 e. The van der Waals surface area contributed by atoms with Gasteiger partial charge >= 0.3 is 0 Å². The van der Waals surface area contributed by atoms with Gasteiger partial charge in [0.2, 0.25) is 0 Å². The van der Waals surface area contributed by atoms with E-state index in [1.807, 2.05) is 37.3 Å². The van der Waals surface area contributed by atoms with Crippen molar-refractivity contribution in [2.75, 3.05) is 6.61 Å². The molecule has 26 heavy (non-hydrogen) atoms. The Morgan fingerprint density at radius 2 is 2.12 bits per heavy atom. The molecule has 1 aromatic heterocycles. The van der Waals surface area contributed by atoms with Crippen LogP contribution >= 0.6 is 11.6 Å². The summed E-state index contributed by atoms with van der Waals surface area (Å²) >= 11 is 6.03. The van der Waals surface area contributed by atoms with Crippen LogP contribution in [-0.2, 0) is 11.3 Å². The molecule has 0 fully saturated rings. The molecule has 1 heterocycles. The summed E-state index contributed by atoms with van der Waals surface area (Å²) < 4.78 is 7.13. The molecule has 2 aromatic carbocycles. The second-order valence-electron chi connectivity index (χ2n) is 5.82. The van der Waals surface area contributed by atoms with Crippen molar-refractivity contribution in [1.82, 2.24) is 20.4 Å². The number of para-hydroxylation sites is 1. The number of halogens is 1. The van der Waals surface area contributed by atoms with Crippen molar-refractivity contribution in [2.45, 2.75) is 20.4 Å². The number of ether oxygens (including phenoxy) is 1. The molecule has 0 bridgehead atoms. The number of nitrogens with one attached hydrogen (secondary N) is 1. The summed E-state index contributed by atoms with van der Waals surface area (Å²) in [7, 11) is 0. The van der Waals surface area contributed by atoms with E-state index in [1.165, 1.54) is 0 Å². The van der Waals surface area contributed by atoms with Gasteiger partial charge in [0.05, 0.1) is 17.8 Å². The first kappa shape index (κ1) is 17.9. The summed E-state index contributed by atoms with van der Waals surface area (Å²) in [5.41, 5.74) is 5.83. The van der Waals surface area contributed by atoms with Crippen LogP contribution in [0.2, 0.25) is 5.02 Å². The van der Waals surface area contributed by atoms with Crippen LogP contribution in [0.1, 0.15) is 12.5 Å². The van der Waals surface area contributed by atoms with Gasteiger partial charge in [-0.3, -0.25) is 4.79 Å². The highest BCUT2D eigenvalue weighted by Gasteiger charge is 2.06. The van der Waals surface area contributed by atoms with Gasteiger partial charge in [-0.15, -0.1) is 5.10 Å². The average Bonchev–Trinajstić information content (AvgIpc) is 3.04. The summed E-state index contributed by atoms with van der Waals surface area (Å²) in [5.74, 6) is 0.176. The lowest BCUT2D eigenvalue weighted by molar-refractivity contribution is -0.123. The zero-order valence-electron chi connectivity index (χ0n) is 14.4. The number of amides is 1. The van der Waals surface area contributed by atoms with Crippen LogP contribution in [-0.4, -0.2) is 33.2 Å². The molecule has 1 amide bonds. The Morgan fingerprint density at radius 1 is 1.31 bits per heavy atom. The second kappa shape index (κ2) is 7.97. The number of nitrogens with zero attached hydrogens (tertiary/aromatic N) is 4. The van der Waals surface area contributed by atoms with Crippen LogP contribution < -0.4 is 10.2 Å². The lowest BCUT2D eigenvalue weighted by Crippen LogP contribution is -2.26. The summed E-state index contributed by atoms with van der Waals surface area (Å²) in [5, 5.41) is 12.8. The van der Waals surface area contributed by atoms with Gasteiger partial charge in [0.1, 0.15) is 11.3 Å². The molecule has 0 saturated carbocycles. The molecule has 0 aliphatic heterocycles. The molecule has 134 valence electrons. The third-order valence-electron chi connectivity index (χ3n) is 3.68. The maximum absolute atomic E-state index is 11.9. The summed E-state index contributed by atoms with van der Waals surface area (Å²) in [6, 6.07) is 12.9. The Balaban J connectivity index is 1.53. The number of aromatic nitrogens is 3. The van der Waals surface area contributed by atoms with E-state index in [1.54, 1.807) is 23.7 Å². The van der Waals surface area contributed by atoms with Crippen molar-refractivity contribution in [3.63, 3.8) is 0 Å². The minimum atomic E-state index is -0.357. The fourth-order valence-electron chi connectivity index (χ4n) is 2.29. The first-order valence-corrected chi connectivity index (χ1v) is 8.40. The Morgan fingerprint density at radius 3 is 2.92 bits per heavy atom. The molecule has 0 radical (unpaired) electrons. The lowest BCUT2D eigenvalue weighted by Gasteiger charge is -2.07. The normalized spacial score (nSPS) is 11.6. The van der Waals surface area contributed by atoms with Gasteiger partial charge in [0.15, 0.2) is 6.61 Å². The lowest BCUT2D eigenvalue weighted by atomic mass is 10.2. The molecule has 0 aliphatic rings. The molecular weight excluding hydrogens is 354 g/mol. The number of fused-ring (bicyclic) bond motifs is 1. The van der Waals surface area contributed by atoms with E-state index in [0.717, 1.165) is 16.6 Å². The highest BCUT2D eigenvalue weighted by molar-refractivity contribution is 6.31. The molecule has 0 unspecified atom stereocenters. The van der Waals surface area contributed by atoms with Gasteiger partial charge in [-0.25, -0.2) is 10.1 Å². The number of hydrogen-bond donors (Lipinski definition) is 1. The highest BCUT2D eigenvalue weighted by Crippen LogP contribution is 2.21. The summed E-state index contributed by atoms with van der Waals surface area (Å²) in [4.78, 5) is 11.9. The SMILES string of the molecule is C/C(Cn1nnc2ccccc21)=N/NC(=O)COc1ccc(C)c(Cl)c1. The molecule has 0 saturated heterocycles. The van der Waals surface area contributed by atoms with Crippen LogP contribution in [0, 0.1) is 6.92 Å². The van der Waals surface area contributed by atoms with Crippen LogP contribution in [0.4, 0.5) is 0 Å². The Bertz CT molecular complexity index is 967. The van der Waals surface area contributed by atoms with Crippen molar-refractivity contribution < 1.29 is 9.53 Å². The van der Waals surface area contributed by atoms with Gasteiger partial charge in [-0.1, -0.05) is 35.0 Å². The maximum atomic E-state index is 11.9. The molecule has 3 aromatic rings. The van der Waals surface area contributed by atoms with E-state index < -0.39 is 0 Å². The Hall–Kier alpha value is -2.93. The van der Waals surface area contributed by atoms with E-state index in [9.17, 15) is 4.79 Å². The molecule has 0 atom stereocenters. The van der Waals surface area contributed by atoms with Crippen molar-refractivity contribution in [3.05, 3.63) is 53.1 Å². The third-order valence-corrected chi connectivity index (χ3v) is 4.09. The van der Waals surface area contributed by atoms with Gasteiger partial charge in [0, 0.05) is 5.02 Å². The number of hydrogen-bond acceptors (Lipinski definition) is 5. The number of carbonyl (C=O) groups is 1. The molecule has 7 nitrogen and oxygen atoms in total. The molecular formula is C18H18ClN5O2. The predicted octanol–water partition coefficient (Wildman–Crippen LogP) is 2.96. The monoisotopic (exact) mass is 371 g/mol. The summed E-state index contributed by atoms with van der Waals surface area (Å²) in [6.07, 6.45) is 0. The van der Waals surface area contributed by atoms with E-state index in [4.69, 9.17) is 16.3 Å².